The molecule has 538 valence electrons. The van der Waals surface area contributed by atoms with Gasteiger partial charge in [-0.3, -0.25) is 0 Å². The molecule has 31 nitrogen and oxygen atoms in total. The van der Waals surface area contributed by atoms with Crippen molar-refractivity contribution in [3.8, 4) is 29.4 Å². The van der Waals surface area contributed by atoms with E-state index >= 15 is 0 Å². The largest absolute Gasteiger partial charge is 1.00 e. The Morgan fingerprint density at radius 2 is 0.765 bits per heavy atom. The zero-order valence-electron chi connectivity index (χ0n) is 57.2. The number of halogens is 4. The van der Waals surface area contributed by atoms with Gasteiger partial charge in [-0.2, -0.15) is 6.26 Å². The number of carbonyl (C=O) groups is 5. The zero-order valence-corrected chi connectivity index (χ0v) is 69.4. The first kappa shape index (κ1) is 112. The monoisotopic (exact) mass is 1590 g/mol. The van der Waals surface area contributed by atoms with Crippen LogP contribution in [0, 0.1) is 0 Å². The number of carboxylic acid groups (broad SMARTS) is 1. The van der Waals surface area contributed by atoms with Gasteiger partial charge in [0.1, 0.15) is 20.5 Å². The van der Waals surface area contributed by atoms with Gasteiger partial charge in [-0.25, -0.2) is 79.1 Å². The van der Waals surface area contributed by atoms with Crippen molar-refractivity contribution in [1.29, 1.82) is 0 Å². The minimum atomic E-state index is -3.55. The molecular weight excluding hydrogens is 1510 g/mol. The first-order chi connectivity index (χ1) is 42.5. The van der Waals surface area contributed by atoms with E-state index in [0.29, 0.717) is 22.6 Å². The molecule has 0 fully saturated rings. The summed E-state index contributed by atoms with van der Waals surface area (Å²) in [5.41, 5.74) is 7.53. The van der Waals surface area contributed by atoms with Gasteiger partial charge in [-0.1, -0.05) is 56.1 Å². The van der Waals surface area contributed by atoms with Crippen LogP contribution in [0.25, 0.3) is 0 Å². The average Bonchev–Trinajstić information content (AvgIpc) is 0.907. The number of aromatic carboxylic acids is 1. The quantitative estimate of drug-likeness (QED) is 0.0250. The van der Waals surface area contributed by atoms with Gasteiger partial charge in [-0.15, -0.1) is 30.8 Å². The second-order valence-corrected chi connectivity index (χ2v) is 24.2. The van der Waals surface area contributed by atoms with Crippen molar-refractivity contribution in [2.24, 2.45) is 5.73 Å². The normalized spacial score (nSPS) is 9.73. The van der Waals surface area contributed by atoms with Crippen LogP contribution in [-0.2, 0) is 61.1 Å². The van der Waals surface area contributed by atoms with Gasteiger partial charge in [0.05, 0.1) is 91.8 Å². The van der Waals surface area contributed by atoms with Gasteiger partial charge in [0.2, 0.25) is 29.4 Å². The molecule has 6 heterocycles. The van der Waals surface area contributed by atoms with E-state index in [-0.39, 0.29) is 205 Å². The topological polar surface area (TPSA) is 479 Å². The second kappa shape index (κ2) is 58.3. The summed E-state index contributed by atoms with van der Waals surface area (Å²) in [5, 5.41) is 18.3. The third kappa shape index (κ3) is 43.6. The number of esters is 4. The maximum atomic E-state index is 11.4. The van der Waals surface area contributed by atoms with Crippen molar-refractivity contribution in [2.45, 2.75) is 53.8 Å². The predicted molar refractivity (Wildman–Crippen MR) is 358 cm³/mol. The Kier molecular flexibility index (Phi) is 66.8. The number of nitrogens with zero attached hydrogens (tertiary/aromatic N) is 6. The van der Waals surface area contributed by atoms with Crippen LogP contribution in [0.1, 0.15) is 92.5 Å². The molecule has 1 atom stereocenters. The van der Waals surface area contributed by atoms with Gasteiger partial charge in [0, 0.05) is 55.1 Å². The van der Waals surface area contributed by atoms with Gasteiger partial charge < -0.3 is 83.6 Å². The van der Waals surface area contributed by atoms with E-state index in [0.717, 1.165) is 54.0 Å². The molecule has 6 N–H and O–H groups in total. The Hall–Kier alpha value is -4.20. The van der Waals surface area contributed by atoms with Crippen LogP contribution in [0.15, 0.2) is 92.9 Å². The van der Waals surface area contributed by atoms with E-state index in [1.807, 2.05) is 13.2 Å². The second-order valence-electron chi connectivity index (χ2n) is 16.3. The Balaban J connectivity index is -0.000000117. The first-order valence-electron chi connectivity index (χ1n) is 24.8. The summed E-state index contributed by atoms with van der Waals surface area (Å²) in [7, 11) is 1.73. The Morgan fingerprint density at radius 1 is 0.510 bits per heavy atom. The molecule has 6 rings (SSSR count). The summed E-state index contributed by atoms with van der Waals surface area (Å²) in [6.45, 7) is 3.50. The van der Waals surface area contributed by atoms with E-state index in [2.05, 4.69) is 61.5 Å². The number of thioether (sulfide) groups is 1. The fourth-order valence-electron chi connectivity index (χ4n) is 5.59. The van der Waals surface area contributed by atoms with E-state index in [1.54, 1.807) is 31.4 Å². The van der Waals surface area contributed by atoms with Gasteiger partial charge in [-0.05, 0) is 60.7 Å². The number of aromatic nitrogens is 6. The summed E-state index contributed by atoms with van der Waals surface area (Å²) in [6, 6.07) is 16.4. The summed E-state index contributed by atoms with van der Waals surface area (Å²) < 4.78 is 110. The van der Waals surface area contributed by atoms with E-state index in [4.69, 9.17) is 74.4 Å². The molecule has 0 amide bonds. The molecule has 0 spiro atoms. The van der Waals surface area contributed by atoms with Gasteiger partial charge in [0.25, 0.3) is 0 Å². The van der Waals surface area contributed by atoms with Crippen LogP contribution in [0.2, 0.25) is 15.5 Å². The first-order valence-corrected chi connectivity index (χ1v) is 33.6. The average molecular weight is 1590 g/mol. The molecule has 0 aliphatic carbocycles. The van der Waals surface area contributed by atoms with Crippen LogP contribution >= 0.6 is 59.0 Å². The predicted octanol–water partition coefficient (Wildman–Crippen LogP) is -2.61. The fraction of sp³-hybridized carbons (Fsp3) is 0.364. The minimum absolute atomic E-state index is 0. The fourth-order valence-corrected chi connectivity index (χ4v) is 8.48. The number of carbonyl (C=O) groups excluding carboxylic acids is 4. The van der Waals surface area contributed by atoms with Gasteiger partial charge >= 0.3 is 119 Å². The third-order valence-electron chi connectivity index (χ3n) is 9.86. The number of methoxy groups -OCH3 is 9. The number of hydrogen-bond donors (Lipinski definition) is 2. The number of rotatable bonds is 16. The van der Waals surface area contributed by atoms with E-state index < -0.39 is 53.4 Å². The number of nitrogens with two attached hydrogens (primary N) is 1. The molecule has 6 aromatic rings. The van der Waals surface area contributed by atoms with Gasteiger partial charge in [0.15, 0.2) is 44.6 Å². The summed E-state index contributed by atoms with van der Waals surface area (Å²) in [6.07, 6.45) is 7.23. The molecule has 0 saturated carbocycles. The zero-order chi connectivity index (χ0) is 70.6. The van der Waals surface area contributed by atoms with Crippen molar-refractivity contribution in [3.63, 3.8) is 0 Å². The summed E-state index contributed by atoms with van der Waals surface area (Å²) >= 11 is 22.3. The Bertz CT molecular complexity index is 3700. The molecule has 0 aromatic carbocycles. The van der Waals surface area contributed by atoms with Crippen LogP contribution in [-0.4, -0.2) is 203 Å². The molecule has 0 aliphatic rings. The van der Waals surface area contributed by atoms with Crippen LogP contribution in [0.5, 0.6) is 29.4 Å². The molecule has 0 unspecified atom stereocenters. The van der Waals surface area contributed by atoms with Crippen molar-refractivity contribution < 1.29 is 203 Å². The Labute approximate surface area is 669 Å². The minimum Gasteiger partial charge on any atom is -1.00 e. The molecule has 0 radical (unpaired) electrons. The smallest absolute Gasteiger partial charge is 1.00 e. The SMILES string of the molecule is C.CC[C@H](N)c1cc(OC)nc(S(C)(=O)=O)c1.CC[O-].COC(=O)c1cc(Cl)nc(Cl)c1.COC(=O)c1cc(Cl)nc(OC)c1.COC(=O)c1cc(OC)nc(S(C)(=O)=O)c1.COC(=O)c1cc(OC)nc(SC)c1.COc1cc(C(=O)O)cc(S(C)(=O)=O)n1.C[S-].Cl.O.[H-].[Na+].[Na+].[Na+].[OH-]. The van der Waals surface area contributed by atoms with Crippen molar-refractivity contribution in [2.75, 3.05) is 102 Å². The maximum absolute atomic E-state index is 11.4. The molecule has 0 aliphatic heterocycles. The number of pyridine rings is 6. The molecule has 0 saturated heterocycles. The summed E-state index contributed by atoms with van der Waals surface area (Å²) in [5.74, 6) is -2.26. The number of carboxylic acids is 1. The van der Waals surface area contributed by atoms with Crippen LogP contribution in [0.4, 0.5) is 0 Å². The van der Waals surface area contributed by atoms with Crippen molar-refractivity contribution >= 4 is 131 Å². The third-order valence-corrected chi connectivity index (χ3v) is 14.0. The van der Waals surface area contributed by atoms with Crippen LogP contribution in [0.3, 0.4) is 0 Å². The maximum Gasteiger partial charge on any atom is 1.00 e. The standard InChI is InChI=1S/C10H16N2O3S.C9H11NO5S.C9H11NO3S.C8H8ClNO3.C8H9NO5S.C7H5Cl2NO2.C2H5O.CH4S.CH4.ClH.3Na.2H2O.H/c1-4-8(11)7-5-9(15-2)12-10(6-7)16(3,13)14;1-14-7-4-6(9(11)15-2)5-8(10-7)16(3,12)13;1-12-7-4-6(9(11)13-2)5-8(10-7)14-3;1-12-7-4-5(8(11)13-2)3-6(9)10-7;1-14-6-3-5(8(10)11)4-7(9-6)15(2,12)13;1-12-7(11)4-2-5(8)10-6(9)3-4;1-2-3;1-2;;;;;;;;/h5-6,8H,4,11H2,1-3H3;4-5H,1-3H3;4-5H,1-3H3;3-4H,1-2H3;3-4H,1-2H3,(H,10,11);2-3H,1H3;2H2,1H3;2H,1H3;1H4;1H;;;;2*1H2;/q;;;;;;-1;;;;3*+1;;;-1/p-2/t8-;;;;;;;;;;;;;;;/m0.............../s1. The molecule has 0 bridgehead atoms. The number of ether oxygens (including phenoxy) is 9. The Morgan fingerprint density at radius 3 is 1.06 bits per heavy atom. The van der Waals surface area contributed by atoms with E-state index in [1.165, 1.54) is 112 Å². The van der Waals surface area contributed by atoms with E-state index in [9.17, 15) is 49.2 Å². The number of sulfone groups is 3. The molecular formula is C55H77Cl4N7Na3O24S5-. The molecule has 98 heavy (non-hydrogen) atoms. The van der Waals surface area contributed by atoms with Crippen molar-refractivity contribution in [1.82, 2.24) is 29.9 Å². The molecule has 6 aromatic heterocycles. The van der Waals surface area contributed by atoms with Crippen molar-refractivity contribution in [3.05, 3.63) is 122 Å². The number of hydrogen-bond acceptors (Lipinski definition) is 31. The van der Waals surface area contributed by atoms with Crippen LogP contribution < -0.4 is 123 Å². The summed E-state index contributed by atoms with van der Waals surface area (Å²) in [4.78, 5) is 78.0. The molecule has 43 heteroatoms.